The van der Waals surface area contributed by atoms with Crippen molar-refractivity contribution in [1.29, 1.82) is 0 Å². The van der Waals surface area contributed by atoms with Crippen LogP contribution in [0.2, 0.25) is 0 Å². The van der Waals surface area contributed by atoms with Gasteiger partial charge >= 0.3 is 0 Å². The lowest BCUT2D eigenvalue weighted by molar-refractivity contribution is 0.299. The van der Waals surface area contributed by atoms with Crippen LogP contribution in [0.1, 0.15) is 24.1 Å². The maximum absolute atomic E-state index is 8.88. The average Bonchev–Trinajstić information content (AvgIpc) is 2.49. The topological polar surface area (TPSA) is 41.5 Å². The summed E-state index contributed by atoms with van der Waals surface area (Å²) in [4.78, 5) is 0. The van der Waals surface area contributed by atoms with Gasteiger partial charge in [-0.25, -0.2) is 0 Å². The molecule has 2 N–H and O–H groups in total. The Hall–Kier alpha value is -1.84. The smallest absolute Gasteiger partial charge is 0.127 e. The van der Waals surface area contributed by atoms with Crippen LogP contribution in [0, 0.1) is 0 Å². The average molecular weight is 271 g/mol. The van der Waals surface area contributed by atoms with Gasteiger partial charge in [-0.05, 0) is 55.8 Å². The molecule has 0 aliphatic carbocycles. The molecule has 0 fully saturated rings. The van der Waals surface area contributed by atoms with Crippen LogP contribution >= 0.6 is 0 Å². The van der Waals surface area contributed by atoms with Crippen LogP contribution in [0.3, 0.4) is 0 Å². The Bertz CT molecular complexity index is 520. The Labute approximate surface area is 120 Å². The van der Waals surface area contributed by atoms with E-state index in [4.69, 9.17) is 9.84 Å². The highest BCUT2D eigenvalue weighted by molar-refractivity contribution is 5.35. The zero-order valence-corrected chi connectivity index (χ0v) is 12.0. The van der Waals surface area contributed by atoms with Gasteiger partial charge in [0.15, 0.2) is 0 Å². The predicted molar refractivity (Wildman–Crippen MR) is 81.2 cm³/mol. The molecule has 3 nitrogen and oxygen atoms in total. The minimum absolute atomic E-state index is 0.172. The first kappa shape index (κ1) is 14.6. The summed E-state index contributed by atoms with van der Waals surface area (Å²) < 4.78 is 5.80. The molecule has 0 spiro atoms. The lowest BCUT2D eigenvalue weighted by Gasteiger charge is -2.11. The summed E-state index contributed by atoms with van der Waals surface area (Å²) in [5.41, 5.74) is 2.34. The SMILES string of the molecule is CNC(C)c1ccc(Oc2ccc(CCO)cc2)cc1. The third-order valence-corrected chi connectivity index (χ3v) is 3.37. The Balaban J connectivity index is 2.02. The number of nitrogens with one attached hydrogen (secondary N) is 1. The first-order chi connectivity index (χ1) is 9.72. The summed E-state index contributed by atoms with van der Waals surface area (Å²) in [6.45, 7) is 2.29. The van der Waals surface area contributed by atoms with Crippen molar-refractivity contribution < 1.29 is 9.84 Å². The first-order valence-electron chi connectivity index (χ1n) is 6.88. The number of ether oxygens (including phenoxy) is 1. The number of hydrogen-bond acceptors (Lipinski definition) is 3. The van der Waals surface area contributed by atoms with Crippen molar-refractivity contribution in [2.24, 2.45) is 0 Å². The highest BCUT2D eigenvalue weighted by Crippen LogP contribution is 2.23. The van der Waals surface area contributed by atoms with E-state index < -0.39 is 0 Å². The number of rotatable bonds is 6. The first-order valence-corrected chi connectivity index (χ1v) is 6.88. The monoisotopic (exact) mass is 271 g/mol. The fourth-order valence-corrected chi connectivity index (χ4v) is 1.98. The van der Waals surface area contributed by atoms with Crippen LogP contribution in [0.15, 0.2) is 48.5 Å². The quantitative estimate of drug-likeness (QED) is 0.847. The van der Waals surface area contributed by atoms with Crippen LogP contribution in [-0.2, 0) is 6.42 Å². The summed E-state index contributed by atoms with van der Waals surface area (Å²) in [5, 5.41) is 12.1. The third-order valence-electron chi connectivity index (χ3n) is 3.37. The zero-order chi connectivity index (χ0) is 14.4. The fraction of sp³-hybridized carbons (Fsp3) is 0.294. The molecular weight excluding hydrogens is 250 g/mol. The van der Waals surface area contributed by atoms with Gasteiger partial charge in [-0.1, -0.05) is 24.3 Å². The Kier molecular flexibility index (Phi) is 5.16. The van der Waals surface area contributed by atoms with Gasteiger partial charge in [0.2, 0.25) is 0 Å². The standard InChI is InChI=1S/C17H21NO2/c1-13(18-2)15-5-9-17(10-6-15)20-16-7-3-14(4-8-16)11-12-19/h3-10,13,18-19H,11-12H2,1-2H3. The molecule has 0 saturated carbocycles. The molecule has 0 aromatic heterocycles. The van der Waals surface area contributed by atoms with E-state index in [9.17, 15) is 0 Å². The molecule has 2 rings (SSSR count). The van der Waals surface area contributed by atoms with E-state index in [1.54, 1.807) is 0 Å². The lowest BCUT2D eigenvalue weighted by atomic mass is 10.1. The molecule has 1 atom stereocenters. The third kappa shape index (κ3) is 3.83. The van der Waals surface area contributed by atoms with Crippen LogP contribution in [0.25, 0.3) is 0 Å². The van der Waals surface area contributed by atoms with E-state index in [-0.39, 0.29) is 6.61 Å². The number of aliphatic hydroxyl groups is 1. The summed E-state index contributed by atoms with van der Waals surface area (Å²) in [6.07, 6.45) is 0.677. The normalized spacial score (nSPS) is 12.2. The van der Waals surface area contributed by atoms with Gasteiger partial charge < -0.3 is 15.2 Å². The van der Waals surface area contributed by atoms with Gasteiger partial charge in [-0.15, -0.1) is 0 Å². The van der Waals surface area contributed by atoms with Crippen molar-refractivity contribution in [3.05, 3.63) is 59.7 Å². The minimum Gasteiger partial charge on any atom is -0.457 e. The van der Waals surface area contributed by atoms with Crippen molar-refractivity contribution in [2.75, 3.05) is 13.7 Å². The molecule has 2 aromatic rings. The molecule has 0 amide bonds. The second kappa shape index (κ2) is 7.08. The van der Waals surface area contributed by atoms with E-state index >= 15 is 0 Å². The van der Waals surface area contributed by atoms with E-state index in [0.717, 1.165) is 17.1 Å². The maximum Gasteiger partial charge on any atom is 0.127 e. The lowest BCUT2D eigenvalue weighted by Crippen LogP contribution is -2.11. The van der Waals surface area contributed by atoms with E-state index in [0.29, 0.717) is 12.5 Å². The van der Waals surface area contributed by atoms with Crippen LogP contribution in [0.4, 0.5) is 0 Å². The van der Waals surface area contributed by atoms with Crippen molar-refractivity contribution >= 4 is 0 Å². The number of aliphatic hydroxyl groups excluding tert-OH is 1. The Morgan fingerprint density at radius 3 is 2.05 bits per heavy atom. The van der Waals surface area contributed by atoms with E-state index in [2.05, 4.69) is 24.4 Å². The van der Waals surface area contributed by atoms with Crippen LogP contribution in [-0.4, -0.2) is 18.8 Å². The van der Waals surface area contributed by atoms with Crippen molar-refractivity contribution in [3.63, 3.8) is 0 Å². The molecule has 0 heterocycles. The summed E-state index contributed by atoms with van der Waals surface area (Å²) in [6, 6.07) is 16.2. The van der Waals surface area contributed by atoms with Gasteiger partial charge in [0, 0.05) is 12.6 Å². The molecule has 0 aliphatic rings. The molecule has 0 aliphatic heterocycles. The Morgan fingerprint density at radius 1 is 1.00 bits per heavy atom. The van der Waals surface area contributed by atoms with Gasteiger partial charge in [0.25, 0.3) is 0 Å². The van der Waals surface area contributed by atoms with Gasteiger partial charge in [0.05, 0.1) is 0 Å². The zero-order valence-electron chi connectivity index (χ0n) is 12.0. The fourth-order valence-electron chi connectivity index (χ4n) is 1.98. The molecule has 20 heavy (non-hydrogen) atoms. The predicted octanol–water partition coefficient (Wildman–Crippen LogP) is 3.29. The molecule has 0 bridgehead atoms. The Morgan fingerprint density at radius 2 is 1.55 bits per heavy atom. The number of benzene rings is 2. The molecule has 0 saturated heterocycles. The second-order valence-corrected chi connectivity index (χ2v) is 4.80. The highest BCUT2D eigenvalue weighted by atomic mass is 16.5. The molecule has 0 radical (unpaired) electrons. The molecule has 1 unspecified atom stereocenters. The van der Waals surface area contributed by atoms with Gasteiger partial charge in [-0.3, -0.25) is 0 Å². The summed E-state index contributed by atoms with van der Waals surface area (Å²) >= 11 is 0. The number of hydrogen-bond donors (Lipinski definition) is 2. The minimum atomic E-state index is 0.172. The van der Waals surface area contributed by atoms with E-state index in [1.807, 2.05) is 43.4 Å². The van der Waals surface area contributed by atoms with E-state index in [1.165, 1.54) is 5.56 Å². The van der Waals surface area contributed by atoms with Gasteiger partial charge in [0.1, 0.15) is 11.5 Å². The van der Waals surface area contributed by atoms with Crippen LogP contribution < -0.4 is 10.1 Å². The second-order valence-electron chi connectivity index (χ2n) is 4.80. The summed E-state index contributed by atoms with van der Waals surface area (Å²) in [5.74, 6) is 1.63. The summed E-state index contributed by atoms with van der Waals surface area (Å²) in [7, 11) is 1.95. The highest BCUT2D eigenvalue weighted by Gasteiger charge is 2.03. The maximum atomic E-state index is 8.88. The molecular formula is C17H21NO2. The van der Waals surface area contributed by atoms with Crippen LogP contribution in [0.5, 0.6) is 11.5 Å². The van der Waals surface area contributed by atoms with Crippen molar-refractivity contribution in [1.82, 2.24) is 5.32 Å². The molecule has 3 heteroatoms. The van der Waals surface area contributed by atoms with Gasteiger partial charge in [-0.2, -0.15) is 0 Å². The largest absolute Gasteiger partial charge is 0.457 e. The molecule has 106 valence electrons. The van der Waals surface area contributed by atoms with Crippen molar-refractivity contribution in [3.8, 4) is 11.5 Å². The van der Waals surface area contributed by atoms with Crippen molar-refractivity contribution in [2.45, 2.75) is 19.4 Å². The molecule has 2 aromatic carbocycles.